The van der Waals surface area contributed by atoms with Crippen molar-refractivity contribution >= 4 is 27.9 Å². The Morgan fingerprint density at radius 3 is 2.51 bits per heavy atom. The van der Waals surface area contributed by atoms with E-state index in [0.717, 1.165) is 69.4 Å². The van der Waals surface area contributed by atoms with E-state index in [1.54, 1.807) is 12.4 Å². The number of ether oxygens (including phenoxy) is 1. The summed E-state index contributed by atoms with van der Waals surface area (Å²) >= 11 is 0. The Balaban J connectivity index is 1.20. The maximum atomic E-state index is 12.3. The van der Waals surface area contributed by atoms with Crippen LogP contribution in [0.25, 0.3) is 33.1 Å². The Hall–Kier alpha value is -5.11. The van der Waals surface area contributed by atoms with Crippen molar-refractivity contribution in [1.29, 1.82) is 0 Å². The maximum Gasteiger partial charge on any atom is 0.307 e. The van der Waals surface area contributed by atoms with E-state index in [4.69, 9.17) is 14.7 Å². The summed E-state index contributed by atoms with van der Waals surface area (Å²) in [5, 5.41) is 11.2. The third-order valence-electron chi connectivity index (χ3n) is 8.40. The van der Waals surface area contributed by atoms with Crippen LogP contribution < -0.4 is 4.74 Å². The van der Waals surface area contributed by atoms with E-state index in [2.05, 4.69) is 44.9 Å². The molecule has 0 aliphatic heterocycles. The van der Waals surface area contributed by atoms with Crippen LogP contribution in [-0.4, -0.2) is 35.6 Å². The fourth-order valence-electron chi connectivity index (χ4n) is 6.18. The summed E-state index contributed by atoms with van der Waals surface area (Å²) in [4.78, 5) is 30.3. The summed E-state index contributed by atoms with van der Waals surface area (Å²) in [5.74, 6) is 0.192. The van der Waals surface area contributed by atoms with Crippen molar-refractivity contribution < 1.29 is 14.6 Å². The molecule has 7 rings (SSSR count). The summed E-state index contributed by atoms with van der Waals surface area (Å²) in [7, 11) is 0. The summed E-state index contributed by atoms with van der Waals surface area (Å²) < 4.78 is 8.35. The number of nitrogens with zero attached hydrogens (tertiary/aromatic N) is 5. The number of rotatable bonds is 8. The van der Waals surface area contributed by atoms with Crippen molar-refractivity contribution in [2.24, 2.45) is 5.92 Å². The van der Waals surface area contributed by atoms with E-state index >= 15 is 0 Å². The number of carbonyl (C=O) groups is 1. The number of pyridine rings is 1. The topological polar surface area (TPSA) is 103 Å². The Bertz CT molecular complexity index is 1900. The smallest absolute Gasteiger partial charge is 0.307 e. The van der Waals surface area contributed by atoms with Gasteiger partial charge >= 0.3 is 5.97 Å². The van der Waals surface area contributed by atoms with Crippen LogP contribution in [0.1, 0.15) is 48.7 Å². The largest absolute Gasteiger partial charge is 0.487 e. The number of imidazole rings is 1. The number of hydrogen-bond acceptors (Lipinski definition) is 6. The zero-order chi connectivity index (χ0) is 29.2. The van der Waals surface area contributed by atoms with Crippen molar-refractivity contribution in [3.05, 3.63) is 115 Å². The first-order valence-electron chi connectivity index (χ1n) is 14.7. The fourth-order valence-corrected chi connectivity index (χ4v) is 6.18. The first-order chi connectivity index (χ1) is 21.1. The Labute approximate surface area is 249 Å². The normalized spacial score (nSPS) is 16.8. The molecule has 8 nitrogen and oxygen atoms in total. The van der Waals surface area contributed by atoms with E-state index < -0.39 is 11.9 Å². The third kappa shape index (κ3) is 5.56. The minimum atomic E-state index is -0.746. The summed E-state index contributed by atoms with van der Waals surface area (Å²) in [6.07, 6.45) is 8.53. The van der Waals surface area contributed by atoms with Crippen molar-refractivity contribution in [3.8, 4) is 16.9 Å². The van der Waals surface area contributed by atoms with Gasteiger partial charge in [0, 0.05) is 41.9 Å². The molecule has 0 radical (unpaired) electrons. The van der Waals surface area contributed by atoms with E-state index in [0.29, 0.717) is 25.3 Å². The molecular weight excluding hydrogens is 538 g/mol. The molecule has 0 unspecified atom stereocenters. The quantitative estimate of drug-likeness (QED) is 0.210. The minimum Gasteiger partial charge on any atom is -0.487 e. The third-order valence-corrected chi connectivity index (χ3v) is 8.40. The van der Waals surface area contributed by atoms with Crippen molar-refractivity contribution in [2.75, 3.05) is 0 Å². The first kappa shape index (κ1) is 26.8. The predicted molar refractivity (Wildman–Crippen MR) is 165 cm³/mol. The average Bonchev–Trinajstić information content (AvgIpc) is 3.41. The van der Waals surface area contributed by atoms with Gasteiger partial charge in [0.25, 0.3) is 0 Å². The Kier molecular flexibility index (Phi) is 7.25. The molecule has 3 aromatic heterocycles. The van der Waals surface area contributed by atoms with Crippen LogP contribution in [-0.2, 0) is 17.9 Å². The second-order valence-electron chi connectivity index (χ2n) is 11.2. The number of hydrogen-bond donors (Lipinski definition) is 1. The second-order valence-corrected chi connectivity index (χ2v) is 11.2. The molecule has 3 heterocycles. The molecule has 0 amide bonds. The molecule has 6 aromatic rings. The molecule has 3 aromatic carbocycles. The molecule has 8 heteroatoms. The van der Waals surface area contributed by atoms with Gasteiger partial charge in [-0.05, 0) is 48.2 Å². The number of aromatic nitrogens is 5. The molecule has 43 heavy (non-hydrogen) atoms. The zero-order valence-electron chi connectivity index (χ0n) is 23.6. The van der Waals surface area contributed by atoms with Gasteiger partial charge in [-0.15, -0.1) is 0 Å². The average molecular weight is 570 g/mol. The van der Waals surface area contributed by atoms with Crippen LogP contribution in [0.5, 0.6) is 5.75 Å². The number of para-hydroxylation sites is 1. The van der Waals surface area contributed by atoms with E-state index in [-0.39, 0.29) is 5.92 Å². The number of carboxylic acids is 1. The Morgan fingerprint density at radius 1 is 0.860 bits per heavy atom. The summed E-state index contributed by atoms with van der Waals surface area (Å²) in [5.41, 5.74) is 6.65. The number of carboxylic acid groups (broad SMARTS) is 1. The highest BCUT2D eigenvalue weighted by Crippen LogP contribution is 2.39. The fraction of sp³-hybridized carbons (Fsp3) is 0.229. The van der Waals surface area contributed by atoms with Crippen molar-refractivity contribution in [1.82, 2.24) is 24.5 Å². The molecule has 1 fully saturated rings. The van der Waals surface area contributed by atoms with Crippen LogP contribution >= 0.6 is 0 Å². The van der Waals surface area contributed by atoms with Gasteiger partial charge in [0.15, 0.2) is 0 Å². The second kappa shape index (κ2) is 11.6. The molecule has 2 atom stereocenters. The lowest BCUT2D eigenvalue weighted by Crippen LogP contribution is -2.27. The zero-order valence-corrected chi connectivity index (χ0v) is 23.6. The SMILES string of the molecule is O=C(O)[C@H]1CCCC[C@H]1c1nc2cc(OCc3ccc4ccccc4n3)ccc2n1Cc1ccc(-c2cncnc2)cc1. The van der Waals surface area contributed by atoms with Crippen LogP contribution in [0.3, 0.4) is 0 Å². The van der Waals surface area contributed by atoms with Gasteiger partial charge in [-0.25, -0.2) is 19.9 Å². The highest BCUT2D eigenvalue weighted by molar-refractivity contribution is 5.79. The number of fused-ring (bicyclic) bond motifs is 2. The van der Waals surface area contributed by atoms with E-state index in [1.807, 2.05) is 48.5 Å². The van der Waals surface area contributed by atoms with Gasteiger partial charge in [0.05, 0.1) is 28.2 Å². The van der Waals surface area contributed by atoms with Crippen LogP contribution in [0, 0.1) is 5.92 Å². The lowest BCUT2D eigenvalue weighted by atomic mass is 9.78. The highest BCUT2D eigenvalue weighted by Gasteiger charge is 2.35. The van der Waals surface area contributed by atoms with Crippen LogP contribution in [0.15, 0.2) is 97.6 Å². The monoisotopic (exact) mass is 569 g/mol. The van der Waals surface area contributed by atoms with E-state index in [1.165, 1.54) is 6.33 Å². The first-order valence-corrected chi connectivity index (χ1v) is 14.7. The summed E-state index contributed by atoms with van der Waals surface area (Å²) in [6, 6.07) is 26.3. The van der Waals surface area contributed by atoms with Crippen LogP contribution in [0.2, 0.25) is 0 Å². The van der Waals surface area contributed by atoms with Gasteiger partial charge in [-0.2, -0.15) is 0 Å². The molecule has 0 spiro atoms. The van der Waals surface area contributed by atoms with Crippen molar-refractivity contribution in [2.45, 2.75) is 44.8 Å². The minimum absolute atomic E-state index is 0.148. The van der Waals surface area contributed by atoms with Gasteiger partial charge in [-0.3, -0.25) is 4.79 Å². The maximum absolute atomic E-state index is 12.3. The molecule has 1 N–H and O–H groups in total. The number of aliphatic carboxylic acids is 1. The molecule has 0 saturated heterocycles. The molecule has 1 saturated carbocycles. The molecule has 214 valence electrons. The highest BCUT2D eigenvalue weighted by atomic mass is 16.5. The van der Waals surface area contributed by atoms with Gasteiger partial charge < -0.3 is 14.4 Å². The molecule has 1 aliphatic carbocycles. The van der Waals surface area contributed by atoms with E-state index in [9.17, 15) is 9.90 Å². The van der Waals surface area contributed by atoms with Gasteiger partial charge in [0.1, 0.15) is 24.5 Å². The predicted octanol–water partition coefficient (Wildman–Crippen LogP) is 7.03. The van der Waals surface area contributed by atoms with Gasteiger partial charge in [-0.1, -0.05) is 61.4 Å². The standard InChI is InChI=1S/C35H31N5O3/c41-35(42)30-7-3-2-6-29(30)34-39-32-17-28(43-21-27-14-13-25-5-1-4-8-31(25)38-27)15-16-33(32)40(34)20-23-9-11-24(12-10-23)26-18-36-22-37-19-26/h1,4-5,8-19,22,29-30H,2-3,6-7,20-21H2,(H,41,42)/t29-,30+/m1/s1. The lowest BCUT2D eigenvalue weighted by molar-refractivity contribution is -0.143. The lowest BCUT2D eigenvalue weighted by Gasteiger charge is -2.28. The molecule has 0 bridgehead atoms. The molecule has 1 aliphatic rings. The molecular formula is C35H31N5O3. The van der Waals surface area contributed by atoms with Crippen molar-refractivity contribution in [3.63, 3.8) is 0 Å². The Morgan fingerprint density at radius 2 is 1.67 bits per heavy atom. The number of benzene rings is 3. The summed E-state index contributed by atoms with van der Waals surface area (Å²) in [6.45, 7) is 0.924. The van der Waals surface area contributed by atoms with Gasteiger partial charge in [0.2, 0.25) is 0 Å². The van der Waals surface area contributed by atoms with Crippen LogP contribution in [0.4, 0.5) is 0 Å².